The summed E-state index contributed by atoms with van der Waals surface area (Å²) in [5, 5.41) is 5.84. The third-order valence-electron chi connectivity index (χ3n) is 3.07. The highest BCUT2D eigenvalue weighted by molar-refractivity contribution is 7.80. The number of nitrogens with one attached hydrogen (secondary N) is 2. The van der Waals surface area contributed by atoms with E-state index < -0.39 is 0 Å². The van der Waals surface area contributed by atoms with E-state index in [1.54, 1.807) is 24.3 Å². The van der Waals surface area contributed by atoms with Crippen LogP contribution in [0.25, 0.3) is 0 Å². The van der Waals surface area contributed by atoms with Crippen LogP contribution in [0.15, 0.2) is 48.5 Å². The molecule has 6 heteroatoms. The van der Waals surface area contributed by atoms with Crippen molar-refractivity contribution in [3.05, 3.63) is 54.1 Å². The molecule has 2 aromatic carbocycles. The predicted molar refractivity (Wildman–Crippen MR) is 98.9 cm³/mol. The van der Waals surface area contributed by atoms with Crippen LogP contribution in [0.2, 0.25) is 0 Å². The number of carbonyl (C=O) groups excluding carboxylic acids is 1. The van der Waals surface area contributed by atoms with Crippen LogP contribution >= 0.6 is 12.2 Å². The van der Waals surface area contributed by atoms with Crippen molar-refractivity contribution in [3.63, 3.8) is 0 Å². The molecule has 0 bridgehead atoms. The molecule has 0 fully saturated rings. The fraction of sp³-hybridized carbons (Fsp3) is 0.222. The molecule has 5 nitrogen and oxygen atoms in total. The molecular weight excluding hydrogens is 324 g/mol. The number of hydrogen-bond acceptors (Lipinski definition) is 4. The van der Waals surface area contributed by atoms with Crippen LogP contribution in [-0.2, 0) is 0 Å². The Morgan fingerprint density at radius 3 is 2.54 bits per heavy atom. The van der Waals surface area contributed by atoms with Crippen LogP contribution in [0.5, 0.6) is 11.5 Å². The maximum atomic E-state index is 12.3. The summed E-state index contributed by atoms with van der Waals surface area (Å²) < 4.78 is 10.9. The number of hydrogen-bond donors (Lipinski definition) is 2. The van der Waals surface area contributed by atoms with Gasteiger partial charge in [0, 0.05) is 5.56 Å². The van der Waals surface area contributed by atoms with Gasteiger partial charge in [-0.1, -0.05) is 18.2 Å². The minimum absolute atomic E-state index is 0.203. The number of rotatable bonds is 6. The molecule has 2 N–H and O–H groups in total. The summed E-state index contributed by atoms with van der Waals surface area (Å²) in [5.74, 6) is 1.02. The highest BCUT2D eigenvalue weighted by atomic mass is 32.1. The zero-order chi connectivity index (χ0) is 17.4. The van der Waals surface area contributed by atoms with Crippen LogP contribution < -0.4 is 20.1 Å². The predicted octanol–water partition coefficient (Wildman–Crippen LogP) is 3.61. The molecule has 0 saturated heterocycles. The second-order valence-electron chi connectivity index (χ2n) is 4.80. The van der Waals surface area contributed by atoms with Crippen molar-refractivity contribution in [1.82, 2.24) is 5.32 Å². The van der Waals surface area contributed by atoms with Crippen molar-refractivity contribution in [2.45, 2.75) is 13.8 Å². The second-order valence-corrected chi connectivity index (χ2v) is 5.21. The van der Waals surface area contributed by atoms with E-state index in [-0.39, 0.29) is 11.0 Å². The summed E-state index contributed by atoms with van der Waals surface area (Å²) in [6.07, 6.45) is 0. The Hall–Kier alpha value is -2.60. The van der Waals surface area contributed by atoms with E-state index in [0.29, 0.717) is 36.0 Å². The van der Waals surface area contributed by atoms with E-state index in [9.17, 15) is 4.79 Å². The third-order valence-corrected chi connectivity index (χ3v) is 3.27. The Morgan fingerprint density at radius 2 is 1.79 bits per heavy atom. The lowest BCUT2D eigenvalue weighted by Gasteiger charge is -2.13. The van der Waals surface area contributed by atoms with Crippen LogP contribution in [-0.4, -0.2) is 24.2 Å². The number of para-hydroxylation sites is 2. The first-order valence-corrected chi connectivity index (χ1v) is 8.12. The van der Waals surface area contributed by atoms with Gasteiger partial charge >= 0.3 is 0 Å². The van der Waals surface area contributed by atoms with Gasteiger partial charge in [-0.3, -0.25) is 10.1 Å². The smallest absolute Gasteiger partial charge is 0.257 e. The summed E-state index contributed by atoms with van der Waals surface area (Å²) in [5.41, 5.74) is 1.18. The lowest BCUT2D eigenvalue weighted by Crippen LogP contribution is -2.34. The van der Waals surface area contributed by atoms with Gasteiger partial charge in [0.2, 0.25) is 0 Å². The van der Waals surface area contributed by atoms with E-state index in [4.69, 9.17) is 21.7 Å². The Bertz CT molecular complexity index is 719. The largest absolute Gasteiger partial charge is 0.494 e. The molecule has 1 amide bonds. The van der Waals surface area contributed by atoms with Crippen LogP contribution in [0, 0.1) is 0 Å². The van der Waals surface area contributed by atoms with Crippen molar-refractivity contribution in [2.75, 3.05) is 18.5 Å². The van der Waals surface area contributed by atoms with Crippen LogP contribution in [0.4, 0.5) is 5.69 Å². The Morgan fingerprint density at radius 1 is 1.04 bits per heavy atom. The first kappa shape index (κ1) is 17.7. The summed E-state index contributed by atoms with van der Waals surface area (Å²) >= 11 is 5.21. The maximum Gasteiger partial charge on any atom is 0.257 e. The number of anilines is 1. The fourth-order valence-electron chi connectivity index (χ4n) is 2.07. The Balaban J connectivity index is 2.02. The summed E-state index contributed by atoms with van der Waals surface area (Å²) in [4.78, 5) is 12.3. The molecule has 0 saturated carbocycles. The van der Waals surface area contributed by atoms with Gasteiger partial charge in [0.1, 0.15) is 11.5 Å². The quantitative estimate of drug-likeness (QED) is 0.784. The molecule has 0 aliphatic carbocycles. The van der Waals surface area contributed by atoms with E-state index in [0.717, 1.165) is 0 Å². The zero-order valence-electron chi connectivity index (χ0n) is 13.7. The van der Waals surface area contributed by atoms with E-state index in [1.165, 1.54) is 0 Å². The van der Waals surface area contributed by atoms with Crippen molar-refractivity contribution in [1.29, 1.82) is 0 Å². The Labute approximate surface area is 147 Å². The van der Waals surface area contributed by atoms with Crippen LogP contribution in [0.3, 0.4) is 0 Å². The summed E-state index contributed by atoms with van der Waals surface area (Å²) in [6.45, 7) is 4.88. The number of thiocarbonyl (C=S) groups is 1. The molecule has 0 aliphatic heterocycles. The molecule has 24 heavy (non-hydrogen) atoms. The van der Waals surface area contributed by atoms with Crippen molar-refractivity contribution in [2.24, 2.45) is 0 Å². The first-order chi connectivity index (χ1) is 11.6. The van der Waals surface area contributed by atoms with E-state index in [1.807, 2.05) is 38.1 Å². The molecule has 126 valence electrons. The monoisotopic (exact) mass is 344 g/mol. The highest BCUT2D eigenvalue weighted by Gasteiger charge is 2.10. The van der Waals surface area contributed by atoms with Crippen molar-refractivity contribution in [3.8, 4) is 11.5 Å². The number of ether oxygens (including phenoxy) is 2. The average molecular weight is 344 g/mol. The lowest BCUT2D eigenvalue weighted by atomic mass is 10.2. The maximum absolute atomic E-state index is 12.3. The fourth-order valence-corrected chi connectivity index (χ4v) is 2.28. The normalized spacial score (nSPS) is 9.92. The topological polar surface area (TPSA) is 59.6 Å². The standard InChI is InChI=1S/C18H20N2O3S/c1-3-22-14-9-7-8-13(12-14)17(21)20-18(24)19-15-10-5-6-11-16(15)23-4-2/h5-12H,3-4H2,1-2H3,(H2,19,20,21,24). The molecule has 0 spiro atoms. The van der Waals surface area contributed by atoms with Gasteiger partial charge in [0.25, 0.3) is 5.91 Å². The van der Waals surface area contributed by atoms with Gasteiger partial charge in [-0.05, 0) is 56.4 Å². The van der Waals surface area contributed by atoms with Crippen molar-refractivity contribution >= 4 is 28.9 Å². The molecule has 0 atom stereocenters. The summed E-state index contributed by atoms with van der Waals surface area (Å²) in [6, 6.07) is 14.3. The Kier molecular flexibility index (Phi) is 6.57. The van der Waals surface area contributed by atoms with E-state index in [2.05, 4.69) is 10.6 Å². The number of carbonyl (C=O) groups is 1. The molecular formula is C18H20N2O3S. The average Bonchev–Trinajstić information content (AvgIpc) is 2.57. The molecule has 0 radical (unpaired) electrons. The van der Waals surface area contributed by atoms with Gasteiger partial charge in [0.15, 0.2) is 5.11 Å². The molecule has 0 unspecified atom stereocenters. The first-order valence-electron chi connectivity index (χ1n) is 7.71. The zero-order valence-corrected chi connectivity index (χ0v) is 14.5. The highest BCUT2D eigenvalue weighted by Crippen LogP contribution is 2.23. The minimum atomic E-state index is -0.303. The molecule has 0 aromatic heterocycles. The molecule has 0 aliphatic rings. The van der Waals surface area contributed by atoms with Crippen LogP contribution in [0.1, 0.15) is 24.2 Å². The van der Waals surface area contributed by atoms with Gasteiger partial charge in [-0.15, -0.1) is 0 Å². The van der Waals surface area contributed by atoms with E-state index >= 15 is 0 Å². The van der Waals surface area contributed by atoms with Gasteiger partial charge in [0.05, 0.1) is 18.9 Å². The third kappa shape index (κ3) is 4.96. The van der Waals surface area contributed by atoms with Gasteiger partial charge < -0.3 is 14.8 Å². The second kappa shape index (κ2) is 8.88. The summed E-state index contributed by atoms with van der Waals surface area (Å²) in [7, 11) is 0. The number of amides is 1. The molecule has 2 rings (SSSR count). The number of benzene rings is 2. The van der Waals surface area contributed by atoms with Gasteiger partial charge in [-0.25, -0.2) is 0 Å². The van der Waals surface area contributed by atoms with Gasteiger partial charge in [-0.2, -0.15) is 0 Å². The lowest BCUT2D eigenvalue weighted by molar-refractivity contribution is 0.0977. The SMILES string of the molecule is CCOc1cccc(C(=O)NC(=S)Nc2ccccc2OCC)c1. The van der Waals surface area contributed by atoms with Crippen molar-refractivity contribution < 1.29 is 14.3 Å². The minimum Gasteiger partial charge on any atom is -0.494 e. The molecule has 0 heterocycles. The molecule has 2 aromatic rings.